The van der Waals surface area contributed by atoms with Gasteiger partial charge in [-0.15, -0.1) is 0 Å². The van der Waals surface area contributed by atoms with Gasteiger partial charge in [-0.1, -0.05) is 39.0 Å². The maximum Gasteiger partial charge on any atom is 0.225 e. The molecule has 1 saturated heterocycles. The molecule has 1 atom stereocenters. The minimum absolute atomic E-state index is 0.110. The number of nitrogens with zero attached hydrogens (tertiary/aromatic N) is 1. The van der Waals surface area contributed by atoms with Gasteiger partial charge in [-0.3, -0.25) is 9.59 Å². The number of hydrogen-bond donors (Lipinski definition) is 1. The number of carbonyl (C=O) groups excluding carboxylic acids is 2. The Morgan fingerprint density at radius 2 is 1.76 bits per heavy atom. The fourth-order valence-corrected chi connectivity index (χ4v) is 5.99. The van der Waals surface area contributed by atoms with Gasteiger partial charge in [0.1, 0.15) is 0 Å². The van der Waals surface area contributed by atoms with Crippen LogP contribution in [0.4, 0.5) is 0 Å². The highest BCUT2D eigenvalue weighted by molar-refractivity contribution is 5.82. The van der Waals surface area contributed by atoms with Crippen LogP contribution in [0.25, 0.3) is 0 Å². The molecule has 0 aromatic carbocycles. The Balaban J connectivity index is 1.20. The van der Waals surface area contributed by atoms with E-state index in [1.807, 2.05) is 6.92 Å². The lowest BCUT2D eigenvalue weighted by Gasteiger charge is -2.51. The Morgan fingerprint density at radius 1 is 1.04 bits per heavy atom. The van der Waals surface area contributed by atoms with Crippen LogP contribution in [0.5, 0.6) is 0 Å². The van der Waals surface area contributed by atoms with E-state index in [4.69, 9.17) is 0 Å². The summed E-state index contributed by atoms with van der Waals surface area (Å²) in [6.45, 7) is 3.90. The van der Waals surface area contributed by atoms with E-state index < -0.39 is 0 Å². The first kappa shape index (κ1) is 17.4. The van der Waals surface area contributed by atoms with Crippen LogP contribution in [0.15, 0.2) is 0 Å². The first-order valence-corrected chi connectivity index (χ1v) is 10.7. The van der Waals surface area contributed by atoms with E-state index in [0.717, 1.165) is 37.8 Å². The van der Waals surface area contributed by atoms with Gasteiger partial charge in [0, 0.05) is 36.9 Å². The van der Waals surface area contributed by atoms with Crippen molar-refractivity contribution in [1.29, 1.82) is 0 Å². The van der Waals surface area contributed by atoms with Crippen molar-refractivity contribution in [3.05, 3.63) is 0 Å². The molecular formula is C21H34N2O2. The fraction of sp³-hybridized carbons (Fsp3) is 0.905. The van der Waals surface area contributed by atoms with E-state index in [0.29, 0.717) is 17.7 Å². The largest absolute Gasteiger partial charge is 0.353 e. The van der Waals surface area contributed by atoms with Crippen LogP contribution < -0.4 is 5.32 Å². The third-order valence-corrected chi connectivity index (χ3v) is 7.59. The van der Waals surface area contributed by atoms with Gasteiger partial charge >= 0.3 is 0 Å². The summed E-state index contributed by atoms with van der Waals surface area (Å²) in [5.74, 6) is 2.55. The molecule has 0 aromatic rings. The minimum atomic E-state index is 0.110. The zero-order valence-electron chi connectivity index (χ0n) is 15.8. The molecule has 140 valence electrons. The summed E-state index contributed by atoms with van der Waals surface area (Å²) in [4.78, 5) is 26.2. The molecule has 3 aliphatic carbocycles. The average molecular weight is 347 g/mol. The molecule has 4 rings (SSSR count). The van der Waals surface area contributed by atoms with Gasteiger partial charge < -0.3 is 10.2 Å². The zero-order valence-corrected chi connectivity index (χ0v) is 15.8. The van der Waals surface area contributed by atoms with Crippen molar-refractivity contribution in [2.24, 2.45) is 23.2 Å². The highest BCUT2D eigenvalue weighted by Crippen LogP contribution is 2.53. The zero-order chi connectivity index (χ0) is 17.4. The Labute approximate surface area is 152 Å². The molecule has 4 aliphatic rings. The number of nitrogens with one attached hydrogen (secondary N) is 1. The molecule has 1 N–H and O–H groups in total. The van der Waals surface area contributed by atoms with E-state index in [2.05, 4.69) is 10.2 Å². The summed E-state index contributed by atoms with van der Waals surface area (Å²) in [6, 6.07) is 0.235. The number of hydrogen-bond acceptors (Lipinski definition) is 2. The van der Waals surface area contributed by atoms with Crippen LogP contribution in [0.1, 0.15) is 77.6 Å². The van der Waals surface area contributed by atoms with E-state index >= 15 is 0 Å². The Kier molecular flexibility index (Phi) is 4.81. The molecule has 1 spiro atoms. The molecule has 4 nitrogen and oxygen atoms in total. The monoisotopic (exact) mass is 346 g/mol. The minimum Gasteiger partial charge on any atom is -0.353 e. The van der Waals surface area contributed by atoms with Gasteiger partial charge in [0.25, 0.3) is 0 Å². The summed E-state index contributed by atoms with van der Waals surface area (Å²) < 4.78 is 0. The van der Waals surface area contributed by atoms with E-state index in [-0.39, 0.29) is 17.9 Å². The highest BCUT2D eigenvalue weighted by atomic mass is 16.2. The Morgan fingerprint density at radius 3 is 2.44 bits per heavy atom. The first-order valence-electron chi connectivity index (χ1n) is 10.7. The second-order valence-corrected chi connectivity index (χ2v) is 9.38. The molecule has 3 saturated carbocycles. The quantitative estimate of drug-likeness (QED) is 0.847. The Bertz CT molecular complexity index is 514. The predicted octanol–water partition coefficient (Wildman–Crippen LogP) is 3.50. The van der Waals surface area contributed by atoms with Crippen LogP contribution in [0.3, 0.4) is 0 Å². The maximum absolute atomic E-state index is 12.6. The van der Waals surface area contributed by atoms with E-state index in [1.54, 1.807) is 0 Å². The van der Waals surface area contributed by atoms with Gasteiger partial charge in [0.2, 0.25) is 11.8 Å². The van der Waals surface area contributed by atoms with Gasteiger partial charge in [-0.2, -0.15) is 0 Å². The highest BCUT2D eigenvalue weighted by Gasteiger charge is 2.52. The number of amides is 2. The average Bonchev–Trinajstić information content (AvgIpc) is 3.02. The van der Waals surface area contributed by atoms with E-state index in [9.17, 15) is 9.59 Å². The van der Waals surface area contributed by atoms with Crippen molar-refractivity contribution in [1.82, 2.24) is 10.2 Å². The van der Waals surface area contributed by atoms with Crippen molar-refractivity contribution in [2.75, 3.05) is 13.1 Å². The van der Waals surface area contributed by atoms with Crippen LogP contribution in [-0.2, 0) is 9.59 Å². The summed E-state index contributed by atoms with van der Waals surface area (Å²) in [5.41, 5.74) is 0.470. The van der Waals surface area contributed by atoms with Crippen LogP contribution in [0, 0.1) is 23.2 Å². The van der Waals surface area contributed by atoms with Crippen molar-refractivity contribution in [3.63, 3.8) is 0 Å². The molecule has 4 fully saturated rings. The van der Waals surface area contributed by atoms with Gasteiger partial charge in [-0.25, -0.2) is 0 Å². The lowest BCUT2D eigenvalue weighted by atomic mass is 9.72. The van der Waals surface area contributed by atoms with Crippen LogP contribution >= 0.6 is 0 Å². The summed E-state index contributed by atoms with van der Waals surface area (Å²) >= 11 is 0. The van der Waals surface area contributed by atoms with Crippen molar-refractivity contribution in [3.8, 4) is 0 Å². The van der Waals surface area contributed by atoms with Crippen molar-refractivity contribution in [2.45, 2.75) is 83.6 Å². The molecule has 1 aliphatic heterocycles. The van der Waals surface area contributed by atoms with Crippen LogP contribution in [0.2, 0.25) is 0 Å². The smallest absolute Gasteiger partial charge is 0.225 e. The Hall–Kier alpha value is -1.06. The molecule has 2 amide bonds. The molecule has 0 aromatic heterocycles. The third-order valence-electron chi connectivity index (χ3n) is 7.59. The van der Waals surface area contributed by atoms with Gasteiger partial charge in [-0.05, 0) is 43.9 Å². The number of likely N-dealkylation sites (tertiary alicyclic amines) is 1. The molecule has 0 bridgehead atoms. The molecule has 4 heteroatoms. The standard InChI is InChI=1S/C21H34N2O2/c1-2-19(24)22-18-10-17(11-18)20(25)23-13-21(14-23)9-8-16(12-21)15-6-4-3-5-7-15/h15-18H,2-14H2,1H3,(H,22,24). The first-order chi connectivity index (χ1) is 12.1. The normalized spacial score (nSPS) is 34.4. The molecular weight excluding hydrogens is 312 g/mol. The summed E-state index contributed by atoms with van der Waals surface area (Å²) in [5, 5.41) is 3.01. The van der Waals surface area contributed by atoms with Crippen LogP contribution in [-0.4, -0.2) is 35.8 Å². The summed E-state index contributed by atoms with van der Waals surface area (Å²) in [6.07, 6.45) is 13.6. The van der Waals surface area contributed by atoms with Crippen molar-refractivity contribution < 1.29 is 9.59 Å². The second kappa shape index (κ2) is 6.92. The lowest BCUT2D eigenvalue weighted by molar-refractivity contribution is -0.152. The number of rotatable bonds is 4. The number of carbonyl (C=O) groups is 2. The maximum atomic E-state index is 12.6. The molecule has 25 heavy (non-hydrogen) atoms. The predicted molar refractivity (Wildman–Crippen MR) is 97.9 cm³/mol. The van der Waals surface area contributed by atoms with Crippen molar-refractivity contribution >= 4 is 11.8 Å². The SMILES string of the molecule is CCC(=O)NC1CC(C(=O)N2CC3(CCC(C4CCCCC4)C3)C2)C1. The van der Waals surface area contributed by atoms with Gasteiger partial charge in [0.05, 0.1) is 0 Å². The topological polar surface area (TPSA) is 49.4 Å². The fourth-order valence-electron chi connectivity index (χ4n) is 5.99. The molecule has 1 heterocycles. The summed E-state index contributed by atoms with van der Waals surface area (Å²) in [7, 11) is 0. The molecule has 1 unspecified atom stereocenters. The van der Waals surface area contributed by atoms with E-state index in [1.165, 1.54) is 51.4 Å². The molecule has 0 radical (unpaired) electrons. The van der Waals surface area contributed by atoms with Gasteiger partial charge in [0.15, 0.2) is 0 Å². The second-order valence-electron chi connectivity index (χ2n) is 9.38. The third kappa shape index (κ3) is 3.46. The lowest BCUT2D eigenvalue weighted by Crippen LogP contribution is -2.61.